The summed E-state index contributed by atoms with van der Waals surface area (Å²) in [6.45, 7) is 9.46. The minimum atomic E-state index is -0.213. The molecule has 0 aromatic rings. The van der Waals surface area contributed by atoms with Crippen molar-refractivity contribution in [2.45, 2.75) is 66.2 Å². The van der Waals surface area contributed by atoms with Gasteiger partial charge in [-0.1, -0.05) is 26.8 Å². The minimum absolute atomic E-state index is 0.0829. The second-order valence-electron chi connectivity index (χ2n) is 8.83. The van der Waals surface area contributed by atoms with Crippen LogP contribution >= 0.6 is 0 Å². The van der Waals surface area contributed by atoms with Gasteiger partial charge in [-0.2, -0.15) is 0 Å². The van der Waals surface area contributed by atoms with Gasteiger partial charge in [0.15, 0.2) is 0 Å². The first-order valence-electron chi connectivity index (χ1n) is 9.96. The van der Waals surface area contributed by atoms with Crippen molar-refractivity contribution in [2.75, 3.05) is 13.2 Å². The summed E-state index contributed by atoms with van der Waals surface area (Å²) in [5.41, 5.74) is 2.39. The van der Waals surface area contributed by atoms with Crippen LogP contribution < -0.4 is 0 Å². The molecule has 1 heterocycles. The molecule has 0 bridgehead atoms. The van der Waals surface area contributed by atoms with Gasteiger partial charge in [0.2, 0.25) is 0 Å². The number of hydrogen-bond donors (Lipinski definition) is 0. The molecule has 0 N–H and O–H groups in total. The summed E-state index contributed by atoms with van der Waals surface area (Å²) in [4.78, 5) is 23.1. The number of hydrogen-bond acceptors (Lipinski definition) is 4. The van der Waals surface area contributed by atoms with Gasteiger partial charge >= 0.3 is 11.9 Å². The molecular formula is C22H32O4. The molecular weight excluding hydrogens is 328 g/mol. The van der Waals surface area contributed by atoms with Crippen LogP contribution in [0.5, 0.6) is 0 Å². The molecule has 1 saturated carbocycles. The van der Waals surface area contributed by atoms with Crippen molar-refractivity contribution < 1.29 is 19.1 Å². The zero-order valence-corrected chi connectivity index (χ0v) is 16.6. The topological polar surface area (TPSA) is 52.6 Å². The number of carbonyl (C=O) groups excluding carboxylic acids is 2. The van der Waals surface area contributed by atoms with Crippen molar-refractivity contribution in [1.29, 1.82) is 0 Å². The Morgan fingerprint density at radius 3 is 2.73 bits per heavy atom. The first kappa shape index (κ1) is 19.2. The predicted octanol–water partition coefficient (Wildman–Crippen LogP) is 4.59. The van der Waals surface area contributed by atoms with E-state index in [9.17, 15) is 9.59 Å². The Kier molecular flexibility index (Phi) is 5.32. The van der Waals surface area contributed by atoms with E-state index >= 15 is 0 Å². The highest BCUT2D eigenvalue weighted by Gasteiger charge is 2.53. The minimum Gasteiger partial charge on any atom is -0.461 e. The molecule has 0 aromatic heterocycles. The standard InChI is InChI=1S/C22H32O4/c1-15-8-11-22(4)18(14-26-16(2)23)6-5-7-19(22)21(15,3)12-9-17-10-13-25-20(17)24/h6,10,15,19H,5,7-9,11-14H2,1-4H3. The molecule has 4 nitrogen and oxygen atoms in total. The number of esters is 2. The number of rotatable bonds is 5. The van der Waals surface area contributed by atoms with E-state index in [1.54, 1.807) is 0 Å². The SMILES string of the molecule is CC(=O)OCC1=CCCC2C1(C)CCC(C)C2(C)CCC1=CCOC1=O. The highest BCUT2D eigenvalue weighted by atomic mass is 16.5. The molecule has 0 saturated heterocycles. The first-order chi connectivity index (χ1) is 12.3. The smallest absolute Gasteiger partial charge is 0.334 e. The Morgan fingerprint density at radius 2 is 2.08 bits per heavy atom. The first-order valence-corrected chi connectivity index (χ1v) is 9.96. The fraction of sp³-hybridized carbons (Fsp3) is 0.727. The highest BCUT2D eigenvalue weighted by Crippen LogP contribution is 2.62. The lowest BCUT2D eigenvalue weighted by Crippen LogP contribution is -2.50. The van der Waals surface area contributed by atoms with Crippen LogP contribution in [0.2, 0.25) is 0 Å². The summed E-state index contributed by atoms with van der Waals surface area (Å²) in [5, 5.41) is 0. The van der Waals surface area contributed by atoms with Crippen LogP contribution in [0.3, 0.4) is 0 Å². The Labute approximate surface area is 157 Å². The second kappa shape index (κ2) is 7.21. The van der Waals surface area contributed by atoms with E-state index in [-0.39, 0.29) is 22.8 Å². The van der Waals surface area contributed by atoms with Crippen molar-refractivity contribution >= 4 is 11.9 Å². The largest absolute Gasteiger partial charge is 0.461 e. The molecule has 4 atom stereocenters. The molecule has 2 aliphatic carbocycles. The molecule has 4 heteroatoms. The lowest BCUT2D eigenvalue weighted by molar-refractivity contribution is -0.141. The van der Waals surface area contributed by atoms with Crippen LogP contribution in [-0.4, -0.2) is 25.2 Å². The molecule has 26 heavy (non-hydrogen) atoms. The van der Waals surface area contributed by atoms with Gasteiger partial charge in [-0.05, 0) is 72.8 Å². The van der Waals surface area contributed by atoms with Crippen molar-refractivity contribution in [3.05, 3.63) is 23.3 Å². The van der Waals surface area contributed by atoms with Crippen molar-refractivity contribution in [1.82, 2.24) is 0 Å². The molecule has 0 amide bonds. The van der Waals surface area contributed by atoms with Crippen molar-refractivity contribution in [3.8, 4) is 0 Å². The van der Waals surface area contributed by atoms with Crippen LogP contribution in [0.4, 0.5) is 0 Å². The van der Waals surface area contributed by atoms with Gasteiger partial charge in [0.1, 0.15) is 13.2 Å². The maximum atomic E-state index is 11.8. The van der Waals surface area contributed by atoms with E-state index < -0.39 is 0 Å². The van der Waals surface area contributed by atoms with Gasteiger partial charge in [-0.3, -0.25) is 4.79 Å². The fourth-order valence-electron chi connectivity index (χ4n) is 5.61. The Morgan fingerprint density at radius 1 is 1.31 bits per heavy atom. The average Bonchev–Trinajstić information content (AvgIpc) is 3.00. The van der Waals surface area contributed by atoms with E-state index in [1.807, 2.05) is 6.08 Å². The zero-order valence-electron chi connectivity index (χ0n) is 16.6. The number of cyclic esters (lactones) is 1. The third-order valence-electron chi connectivity index (χ3n) is 7.54. The van der Waals surface area contributed by atoms with E-state index in [2.05, 4.69) is 26.8 Å². The molecule has 144 valence electrons. The molecule has 0 spiro atoms. The average molecular weight is 360 g/mol. The number of ether oxygens (including phenoxy) is 2. The molecule has 3 aliphatic rings. The van der Waals surface area contributed by atoms with Crippen LogP contribution in [0.1, 0.15) is 66.2 Å². The molecule has 0 aromatic carbocycles. The summed E-state index contributed by atoms with van der Waals surface area (Å²) < 4.78 is 10.4. The molecule has 4 unspecified atom stereocenters. The Balaban J connectivity index is 1.80. The van der Waals surface area contributed by atoms with Gasteiger partial charge in [0, 0.05) is 12.5 Å². The van der Waals surface area contributed by atoms with Gasteiger partial charge in [0.05, 0.1) is 0 Å². The molecule has 3 rings (SSSR count). The van der Waals surface area contributed by atoms with Crippen LogP contribution in [-0.2, 0) is 19.1 Å². The molecule has 1 aliphatic heterocycles. The highest BCUT2D eigenvalue weighted by molar-refractivity contribution is 5.90. The second-order valence-corrected chi connectivity index (χ2v) is 8.83. The zero-order chi connectivity index (χ0) is 18.9. The third kappa shape index (κ3) is 3.35. The summed E-state index contributed by atoms with van der Waals surface area (Å²) >= 11 is 0. The van der Waals surface area contributed by atoms with E-state index in [0.717, 1.165) is 31.3 Å². The lowest BCUT2D eigenvalue weighted by atomic mass is 9.47. The van der Waals surface area contributed by atoms with Gasteiger partial charge in [0.25, 0.3) is 0 Å². The maximum absolute atomic E-state index is 11.8. The normalized spacial score (nSPS) is 36.7. The molecule has 1 fully saturated rings. The summed E-state index contributed by atoms with van der Waals surface area (Å²) in [6.07, 6.45) is 10.6. The summed E-state index contributed by atoms with van der Waals surface area (Å²) in [6, 6.07) is 0. The van der Waals surface area contributed by atoms with Crippen molar-refractivity contribution in [3.63, 3.8) is 0 Å². The van der Waals surface area contributed by atoms with E-state index in [1.165, 1.54) is 25.3 Å². The Hall–Kier alpha value is -1.58. The van der Waals surface area contributed by atoms with E-state index in [0.29, 0.717) is 25.0 Å². The predicted molar refractivity (Wildman–Crippen MR) is 100 cm³/mol. The van der Waals surface area contributed by atoms with Crippen LogP contribution in [0, 0.1) is 22.7 Å². The molecule has 0 radical (unpaired) electrons. The fourth-order valence-corrected chi connectivity index (χ4v) is 5.61. The van der Waals surface area contributed by atoms with Gasteiger partial charge in [-0.15, -0.1) is 0 Å². The maximum Gasteiger partial charge on any atom is 0.334 e. The summed E-state index contributed by atoms with van der Waals surface area (Å²) in [7, 11) is 0. The van der Waals surface area contributed by atoms with Gasteiger partial charge < -0.3 is 9.47 Å². The van der Waals surface area contributed by atoms with Crippen molar-refractivity contribution in [2.24, 2.45) is 22.7 Å². The van der Waals surface area contributed by atoms with Crippen LogP contribution in [0.25, 0.3) is 0 Å². The van der Waals surface area contributed by atoms with E-state index in [4.69, 9.17) is 9.47 Å². The van der Waals surface area contributed by atoms with Gasteiger partial charge in [-0.25, -0.2) is 4.79 Å². The number of carbonyl (C=O) groups is 2. The third-order valence-corrected chi connectivity index (χ3v) is 7.54. The monoisotopic (exact) mass is 360 g/mol. The lowest BCUT2D eigenvalue weighted by Gasteiger charge is -2.58. The van der Waals surface area contributed by atoms with Crippen LogP contribution in [0.15, 0.2) is 23.3 Å². The quantitative estimate of drug-likeness (QED) is 0.531. The Bertz CT molecular complexity index is 647. The number of allylic oxidation sites excluding steroid dienone is 1. The number of fused-ring (bicyclic) bond motifs is 1. The summed E-state index contributed by atoms with van der Waals surface area (Å²) in [5.74, 6) is 0.813.